The third-order valence-corrected chi connectivity index (χ3v) is 5.93. The van der Waals surface area contributed by atoms with Crippen LogP contribution in [-0.4, -0.2) is 42.8 Å². The van der Waals surface area contributed by atoms with E-state index < -0.39 is 41.3 Å². The number of fused-ring (bicyclic) bond motifs is 1. The lowest BCUT2D eigenvalue weighted by Gasteiger charge is -2.19. The molecule has 0 bridgehead atoms. The van der Waals surface area contributed by atoms with Gasteiger partial charge in [0.2, 0.25) is 0 Å². The number of nitrogens with one attached hydrogen (secondary N) is 3. The molecule has 1 atom stereocenters. The molecule has 0 spiro atoms. The molecule has 0 aliphatic heterocycles. The van der Waals surface area contributed by atoms with Crippen LogP contribution in [0.25, 0.3) is 22.0 Å². The van der Waals surface area contributed by atoms with Crippen LogP contribution in [0.5, 0.6) is 5.75 Å². The fourth-order valence-corrected chi connectivity index (χ4v) is 4.15. The standard InChI is InChI=1S/C27H24F4N4O3/c1-33-25(36)17-8-16(9-19(28)10-17)15-6-7-24(38-27(29,30)31)22(12-15)26(37)35-20(13-32)11-18-14-34-23-5-3-2-4-21(18)23/h2-10,12,14,20,34H,11,13,32H2,1H3,(H,33,36)(H,35,37). The van der Waals surface area contributed by atoms with Crippen LogP contribution in [-0.2, 0) is 6.42 Å². The Morgan fingerprint density at radius 1 is 1.03 bits per heavy atom. The smallest absolute Gasteiger partial charge is 0.405 e. The third kappa shape index (κ3) is 6.12. The molecule has 3 aromatic carbocycles. The second kappa shape index (κ2) is 10.9. The predicted octanol–water partition coefficient (Wildman–Crippen LogP) is 4.53. The average molecular weight is 529 g/mol. The Morgan fingerprint density at radius 2 is 1.79 bits per heavy atom. The Labute approximate surface area is 215 Å². The first-order chi connectivity index (χ1) is 18.1. The molecule has 1 heterocycles. The number of hydrogen-bond donors (Lipinski definition) is 4. The minimum Gasteiger partial charge on any atom is -0.405 e. The lowest BCUT2D eigenvalue weighted by atomic mass is 9.99. The van der Waals surface area contributed by atoms with Gasteiger partial charge in [-0.1, -0.05) is 24.3 Å². The number of para-hydroxylation sites is 1. The SMILES string of the molecule is CNC(=O)c1cc(F)cc(-c2ccc(OC(F)(F)F)c(C(=O)NC(CN)Cc3c[nH]c4ccccc34)c2)c1. The van der Waals surface area contributed by atoms with Gasteiger partial charge in [0.05, 0.1) is 5.56 Å². The first-order valence-corrected chi connectivity index (χ1v) is 11.6. The number of halogens is 4. The van der Waals surface area contributed by atoms with Crippen LogP contribution in [0.2, 0.25) is 0 Å². The second-order valence-corrected chi connectivity index (χ2v) is 8.54. The van der Waals surface area contributed by atoms with Gasteiger partial charge < -0.3 is 26.1 Å². The number of nitrogens with two attached hydrogens (primary N) is 1. The zero-order valence-corrected chi connectivity index (χ0v) is 20.2. The van der Waals surface area contributed by atoms with E-state index in [-0.39, 0.29) is 23.2 Å². The van der Waals surface area contributed by atoms with Crippen molar-refractivity contribution in [3.63, 3.8) is 0 Å². The van der Waals surface area contributed by atoms with Crippen LogP contribution in [0.3, 0.4) is 0 Å². The number of hydrogen-bond acceptors (Lipinski definition) is 4. The Balaban J connectivity index is 1.67. The monoisotopic (exact) mass is 528 g/mol. The summed E-state index contributed by atoms with van der Waals surface area (Å²) in [5.74, 6) is -2.87. The zero-order valence-electron chi connectivity index (χ0n) is 20.2. The van der Waals surface area contributed by atoms with E-state index in [0.29, 0.717) is 6.42 Å². The maximum Gasteiger partial charge on any atom is 0.573 e. The number of amides is 2. The van der Waals surface area contributed by atoms with Gasteiger partial charge >= 0.3 is 6.36 Å². The Bertz CT molecular complexity index is 1480. The van der Waals surface area contributed by atoms with Gasteiger partial charge in [0.15, 0.2) is 0 Å². The molecule has 4 rings (SSSR count). The highest BCUT2D eigenvalue weighted by Crippen LogP contribution is 2.32. The van der Waals surface area contributed by atoms with Crippen LogP contribution in [0, 0.1) is 5.82 Å². The largest absolute Gasteiger partial charge is 0.573 e. The molecule has 0 saturated heterocycles. The summed E-state index contributed by atoms with van der Waals surface area (Å²) >= 11 is 0. The van der Waals surface area contributed by atoms with Crippen molar-refractivity contribution < 1.29 is 31.9 Å². The maximum absolute atomic E-state index is 14.2. The molecule has 0 aliphatic carbocycles. The molecule has 0 aliphatic rings. The van der Waals surface area contributed by atoms with E-state index in [1.807, 2.05) is 24.3 Å². The van der Waals surface area contributed by atoms with E-state index in [2.05, 4.69) is 20.4 Å². The molecule has 0 radical (unpaired) electrons. The quantitative estimate of drug-likeness (QED) is 0.252. The van der Waals surface area contributed by atoms with E-state index in [1.165, 1.54) is 19.2 Å². The predicted molar refractivity (Wildman–Crippen MR) is 134 cm³/mol. The molecule has 38 heavy (non-hydrogen) atoms. The number of aromatic amines is 1. The number of alkyl halides is 3. The molecule has 0 fully saturated rings. The number of benzene rings is 3. The molecule has 1 unspecified atom stereocenters. The van der Waals surface area contributed by atoms with Gasteiger partial charge in [0, 0.05) is 42.3 Å². The highest BCUT2D eigenvalue weighted by atomic mass is 19.4. The van der Waals surface area contributed by atoms with Crippen molar-refractivity contribution in [3.8, 4) is 16.9 Å². The van der Waals surface area contributed by atoms with Crippen LogP contribution in [0.1, 0.15) is 26.3 Å². The van der Waals surface area contributed by atoms with Crippen LogP contribution < -0.4 is 21.1 Å². The maximum atomic E-state index is 14.2. The summed E-state index contributed by atoms with van der Waals surface area (Å²) in [6.07, 6.45) is -2.95. The molecular formula is C27H24F4N4O3. The highest BCUT2D eigenvalue weighted by Gasteiger charge is 2.33. The van der Waals surface area contributed by atoms with E-state index in [4.69, 9.17) is 5.73 Å². The first kappa shape index (κ1) is 26.7. The van der Waals surface area contributed by atoms with Gasteiger partial charge in [-0.15, -0.1) is 13.2 Å². The molecule has 7 nitrogen and oxygen atoms in total. The highest BCUT2D eigenvalue weighted by molar-refractivity contribution is 5.99. The van der Waals surface area contributed by atoms with Crippen LogP contribution >= 0.6 is 0 Å². The fourth-order valence-electron chi connectivity index (χ4n) is 4.15. The normalized spacial score (nSPS) is 12.3. The van der Waals surface area contributed by atoms with E-state index >= 15 is 0 Å². The summed E-state index contributed by atoms with van der Waals surface area (Å²) in [7, 11) is 1.38. The second-order valence-electron chi connectivity index (χ2n) is 8.54. The number of ether oxygens (including phenoxy) is 1. The number of carbonyl (C=O) groups is 2. The molecule has 5 N–H and O–H groups in total. The van der Waals surface area contributed by atoms with Crippen LogP contribution in [0.15, 0.2) is 66.9 Å². The molecule has 11 heteroatoms. The van der Waals surface area contributed by atoms with Gasteiger partial charge in [-0.3, -0.25) is 9.59 Å². The van der Waals surface area contributed by atoms with Crippen molar-refractivity contribution in [1.82, 2.24) is 15.6 Å². The Hall–Kier alpha value is -4.38. The summed E-state index contributed by atoms with van der Waals surface area (Å²) in [5.41, 5.74) is 7.61. The fraction of sp³-hybridized carbons (Fsp3) is 0.185. The minimum atomic E-state index is -5.06. The Morgan fingerprint density at radius 3 is 2.50 bits per heavy atom. The van der Waals surface area contributed by atoms with Gasteiger partial charge in [0.1, 0.15) is 11.6 Å². The van der Waals surface area contributed by atoms with E-state index in [0.717, 1.165) is 40.7 Å². The molecule has 198 valence electrons. The lowest BCUT2D eigenvalue weighted by molar-refractivity contribution is -0.274. The van der Waals surface area contributed by atoms with Crippen molar-refractivity contribution in [1.29, 1.82) is 0 Å². The lowest BCUT2D eigenvalue weighted by Crippen LogP contribution is -2.42. The molecule has 2 amide bonds. The van der Waals surface area contributed by atoms with Crippen molar-refractivity contribution in [3.05, 3.63) is 89.4 Å². The summed E-state index contributed by atoms with van der Waals surface area (Å²) in [4.78, 5) is 28.4. The number of carbonyl (C=O) groups excluding carboxylic acids is 2. The van der Waals surface area contributed by atoms with Crippen molar-refractivity contribution in [2.24, 2.45) is 5.73 Å². The van der Waals surface area contributed by atoms with Crippen molar-refractivity contribution in [2.45, 2.75) is 18.8 Å². The zero-order chi connectivity index (χ0) is 27.4. The topological polar surface area (TPSA) is 109 Å². The molecular weight excluding hydrogens is 504 g/mol. The van der Waals surface area contributed by atoms with Gasteiger partial charge in [-0.2, -0.15) is 0 Å². The van der Waals surface area contributed by atoms with Gasteiger partial charge in [-0.25, -0.2) is 4.39 Å². The van der Waals surface area contributed by atoms with E-state index in [1.54, 1.807) is 6.20 Å². The van der Waals surface area contributed by atoms with Crippen molar-refractivity contribution >= 4 is 22.7 Å². The number of rotatable bonds is 8. The van der Waals surface area contributed by atoms with Crippen LogP contribution in [0.4, 0.5) is 17.6 Å². The summed E-state index contributed by atoms with van der Waals surface area (Å²) in [6, 6.07) is 13.8. The molecule has 4 aromatic rings. The Kier molecular flexibility index (Phi) is 7.67. The summed E-state index contributed by atoms with van der Waals surface area (Å²) in [5, 5.41) is 5.99. The molecule has 0 saturated carbocycles. The summed E-state index contributed by atoms with van der Waals surface area (Å²) in [6.45, 7) is 0.0137. The van der Waals surface area contributed by atoms with Gasteiger partial charge in [0.25, 0.3) is 11.8 Å². The minimum absolute atomic E-state index is 0.00560. The number of H-pyrrole nitrogens is 1. The van der Waals surface area contributed by atoms with Gasteiger partial charge in [-0.05, 0) is 59.5 Å². The third-order valence-electron chi connectivity index (χ3n) is 5.93. The summed E-state index contributed by atoms with van der Waals surface area (Å²) < 4.78 is 57.6. The first-order valence-electron chi connectivity index (χ1n) is 11.6. The molecule has 1 aromatic heterocycles. The number of aromatic nitrogens is 1. The average Bonchev–Trinajstić information content (AvgIpc) is 3.29. The van der Waals surface area contributed by atoms with E-state index in [9.17, 15) is 27.2 Å². The van der Waals surface area contributed by atoms with Crippen molar-refractivity contribution in [2.75, 3.05) is 13.6 Å².